The molecule has 5 nitrogen and oxygen atoms in total. The Morgan fingerprint density at radius 2 is 2.17 bits per heavy atom. The van der Waals surface area contributed by atoms with Crippen LogP contribution in [0.4, 0.5) is 4.79 Å². The fraction of sp³-hybridized carbons (Fsp3) is 0.611. The van der Waals surface area contributed by atoms with Crippen LogP contribution in [0.5, 0.6) is 5.75 Å². The Labute approximate surface area is 149 Å². The minimum absolute atomic E-state index is 0.0281. The van der Waals surface area contributed by atoms with Gasteiger partial charge < -0.3 is 20.6 Å². The van der Waals surface area contributed by atoms with E-state index >= 15 is 0 Å². The van der Waals surface area contributed by atoms with Gasteiger partial charge in [-0.3, -0.25) is 0 Å². The number of carbonyl (C=O) groups excluding carboxylic acids is 1. The molecule has 1 aromatic carbocycles. The molecule has 6 heteroatoms. The van der Waals surface area contributed by atoms with Crippen molar-refractivity contribution in [2.45, 2.75) is 46.2 Å². The number of aromatic hydroxyl groups is 1. The smallest absolute Gasteiger partial charge is 0.317 e. The quantitative estimate of drug-likeness (QED) is 0.779. The van der Waals surface area contributed by atoms with Gasteiger partial charge in [0.2, 0.25) is 0 Å². The van der Waals surface area contributed by atoms with E-state index in [4.69, 9.17) is 11.6 Å². The molecule has 2 atom stereocenters. The van der Waals surface area contributed by atoms with E-state index in [1.807, 2.05) is 14.0 Å². The van der Waals surface area contributed by atoms with Gasteiger partial charge in [0.25, 0.3) is 0 Å². The van der Waals surface area contributed by atoms with Crippen molar-refractivity contribution in [3.63, 3.8) is 0 Å². The molecule has 0 aliphatic carbocycles. The predicted octanol–water partition coefficient (Wildman–Crippen LogP) is 3.44. The molecule has 2 unspecified atom stereocenters. The highest BCUT2D eigenvalue weighted by Crippen LogP contribution is 2.32. The van der Waals surface area contributed by atoms with E-state index in [0.717, 1.165) is 25.1 Å². The van der Waals surface area contributed by atoms with Gasteiger partial charge in [-0.1, -0.05) is 31.5 Å². The number of amides is 2. The molecule has 1 aliphatic heterocycles. The lowest BCUT2D eigenvalue weighted by Crippen LogP contribution is -2.56. The van der Waals surface area contributed by atoms with Crippen molar-refractivity contribution in [2.24, 2.45) is 5.41 Å². The summed E-state index contributed by atoms with van der Waals surface area (Å²) in [6.45, 7) is 9.84. The van der Waals surface area contributed by atoms with Gasteiger partial charge in [0.1, 0.15) is 5.75 Å². The number of hydrogen-bond acceptors (Lipinski definition) is 3. The number of urea groups is 1. The molecule has 0 aromatic heterocycles. The Balaban J connectivity index is 2.10. The second-order valence-electron chi connectivity index (χ2n) is 7.36. The summed E-state index contributed by atoms with van der Waals surface area (Å²) in [4.78, 5) is 14.5. The standard InChI is InChI=1S/C18H28ClN3O2/c1-11-14(23)7-6-13(16(11)19)12(2)21-17(24)22(5)15-8-9-20-10-18(15,3)4/h6-7,12,15,20,23H,8-10H2,1-5H3,(H,21,24). The Morgan fingerprint density at radius 1 is 1.50 bits per heavy atom. The Bertz CT molecular complexity index is 619. The van der Waals surface area contributed by atoms with Gasteiger partial charge in [0.05, 0.1) is 11.1 Å². The number of hydrogen-bond donors (Lipinski definition) is 3. The second-order valence-corrected chi connectivity index (χ2v) is 7.74. The largest absolute Gasteiger partial charge is 0.508 e. The van der Waals surface area contributed by atoms with Gasteiger partial charge in [0.15, 0.2) is 0 Å². The zero-order chi connectivity index (χ0) is 18.1. The molecule has 3 N–H and O–H groups in total. The summed E-state index contributed by atoms with van der Waals surface area (Å²) in [6, 6.07) is 3.20. The number of phenols is 1. The maximum absolute atomic E-state index is 12.7. The third kappa shape index (κ3) is 3.78. The molecule has 0 spiro atoms. The Morgan fingerprint density at radius 3 is 2.79 bits per heavy atom. The first-order valence-electron chi connectivity index (χ1n) is 8.37. The SMILES string of the molecule is Cc1c(O)ccc(C(C)NC(=O)N(C)C2CCNCC2(C)C)c1Cl. The molecule has 1 heterocycles. The minimum atomic E-state index is -0.239. The maximum Gasteiger partial charge on any atom is 0.317 e. The summed E-state index contributed by atoms with van der Waals surface area (Å²) in [5.41, 5.74) is 1.46. The average Bonchev–Trinajstić information content (AvgIpc) is 2.51. The highest BCUT2D eigenvalue weighted by Gasteiger charge is 2.37. The van der Waals surface area contributed by atoms with Crippen LogP contribution in [-0.2, 0) is 0 Å². The molecule has 2 rings (SSSR count). The van der Waals surface area contributed by atoms with Crippen LogP contribution in [0.25, 0.3) is 0 Å². The maximum atomic E-state index is 12.7. The number of nitrogens with one attached hydrogen (secondary N) is 2. The second kappa shape index (κ2) is 7.19. The lowest BCUT2D eigenvalue weighted by atomic mass is 9.79. The zero-order valence-corrected chi connectivity index (χ0v) is 15.9. The van der Waals surface area contributed by atoms with Gasteiger partial charge in [-0.05, 0) is 43.9 Å². The average molecular weight is 354 g/mol. The van der Waals surface area contributed by atoms with Gasteiger partial charge in [0, 0.05) is 25.2 Å². The normalized spacial score (nSPS) is 21.2. The summed E-state index contributed by atoms with van der Waals surface area (Å²) >= 11 is 6.32. The van der Waals surface area contributed by atoms with Gasteiger partial charge in [-0.25, -0.2) is 4.79 Å². The number of carbonyl (C=O) groups is 1. The summed E-state index contributed by atoms with van der Waals surface area (Å²) < 4.78 is 0. The monoisotopic (exact) mass is 353 g/mol. The third-order valence-corrected chi connectivity index (χ3v) is 5.56. The molecule has 0 radical (unpaired) electrons. The van der Waals surface area contributed by atoms with Crippen LogP contribution >= 0.6 is 11.6 Å². The first-order valence-corrected chi connectivity index (χ1v) is 8.75. The van der Waals surface area contributed by atoms with Crippen LogP contribution < -0.4 is 10.6 Å². The van der Waals surface area contributed by atoms with Crippen molar-refractivity contribution in [3.8, 4) is 5.75 Å². The van der Waals surface area contributed by atoms with Crippen molar-refractivity contribution >= 4 is 17.6 Å². The molecule has 0 saturated carbocycles. The van der Waals surface area contributed by atoms with Crippen LogP contribution in [0.2, 0.25) is 5.02 Å². The van der Waals surface area contributed by atoms with Crippen LogP contribution in [0.3, 0.4) is 0 Å². The van der Waals surface area contributed by atoms with Crippen LogP contribution in [-0.4, -0.2) is 42.2 Å². The Kier molecular flexibility index (Phi) is 5.66. The number of rotatable bonds is 3. The number of nitrogens with zero attached hydrogens (tertiary/aromatic N) is 1. The zero-order valence-electron chi connectivity index (χ0n) is 15.1. The number of piperidine rings is 1. The van der Waals surface area contributed by atoms with Crippen molar-refractivity contribution in [2.75, 3.05) is 20.1 Å². The van der Waals surface area contributed by atoms with Gasteiger partial charge in [-0.15, -0.1) is 0 Å². The highest BCUT2D eigenvalue weighted by molar-refractivity contribution is 6.32. The van der Waals surface area contributed by atoms with E-state index in [0.29, 0.717) is 10.6 Å². The lowest BCUT2D eigenvalue weighted by Gasteiger charge is -2.44. The van der Waals surface area contributed by atoms with E-state index in [-0.39, 0.29) is 29.3 Å². The van der Waals surface area contributed by atoms with Crippen LogP contribution in [0.15, 0.2) is 12.1 Å². The highest BCUT2D eigenvalue weighted by atomic mass is 35.5. The summed E-state index contributed by atoms with van der Waals surface area (Å²) in [5.74, 6) is 0.163. The fourth-order valence-corrected chi connectivity index (χ4v) is 3.74. The fourth-order valence-electron chi connectivity index (χ4n) is 3.41. The topological polar surface area (TPSA) is 64.6 Å². The van der Waals surface area contributed by atoms with Crippen LogP contribution in [0.1, 0.15) is 44.4 Å². The first kappa shape index (κ1) is 18.9. The number of benzene rings is 1. The summed E-state index contributed by atoms with van der Waals surface area (Å²) in [5, 5.41) is 16.6. The van der Waals surface area contributed by atoms with E-state index < -0.39 is 0 Å². The molecule has 24 heavy (non-hydrogen) atoms. The summed E-state index contributed by atoms with van der Waals surface area (Å²) in [6.07, 6.45) is 0.935. The molecule has 0 bridgehead atoms. The van der Waals surface area contributed by atoms with Crippen molar-refractivity contribution in [1.29, 1.82) is 0 Å². The number of halogens is 1. The van der Waals surface area contributed by atoms with E-state index in [1.54, 1.807) is 24.0 Å². The van der Waals surface area contributed by atoms with E-state index in [1.165, 1.54) is 0 Å². The molecule has 1 saturated heterocycles. The van der Waals surface area contributed by atoms with Crippen molar-refractivity contribution in [1.82, 2.24) is 15.5 Å². The molecular formula is C18H28ClN3O2. The van der Waals surface area contributed by atoms with E-state index in [2.05, 4.69) is 24.5 Å². The van der Waals surface area contributed by atoms with Gasteiger partial charge in [-0.2, -0.15) is 0 Å². The van der Waals surface area contributed by atoms with Gasteiger partial charge >= 0.3 is 6.03 Å². The lowest BCUT2D eigenvalue weighted by molar-refractivity contribution is 0.0957. The molecule has 2 amide bonds. The Hall–Kier alpha value is -1.46. The summed E-state index contributed by atoms with van der Waals surface area (Å²) in [7, 11) is 1.85. The molecule has 1 aromatic rings. The first-order chi connectivity index (χ1) is 11.1. The van der Waals surface area contributed by atoms with Crippen molar-refractivity contribution < 1.29 is 9.90 Å². The molecule has 134 valence electrons. The van der Waals surface area contributed by atoms with Crippen molar-refractivity contribution in [3.05, 3.63) is 28.3 Å². The molecule has 1 fully saturated rings. The predicted molar refractivity (Wildman–Crippen MR) is 97.6 cm³/mol. The number of phenolic OH excluding ortho intramolecular Hbond substituents is 1. The third-order valence-electron chi connectivity index (χ3n) is 5.06. The van der Waals surface area contributed by atoms with E-state index in [9.17, 15) is 9.90 Å². The minimum Gasteiger partial charge on any atom is -0.508 e. The van der Waals surface area contributed by atoms with Crippen LogP contribution in [0, 0.1) is 12.3 Å². The molecular weight excluding hydrogens is 326 g/mol. The molecule has 1 aliphatic rings.